The standard InChI is InChI=1S/C8H9ClO2/c1-6(10)11-8-5-3-2-4-7(8)9/h2-6,10H,1H3. The molecule has 0 heterocycles. The average Bonchev–Trinajstić information content (AvgIpc) is 1.93. The molecule has 0 aliphatic heterocycles. The highest BCUT2D eigenvalue weighted by atomic mass is 35.5. The van der Waals surface area contributed by atoms with Gasteiger partial charge in [0.1, 0.15) is 5.75 Å². The maximum absolute atomic E-state index is 8.85. The lowest BCUT2D eigenvalue weighted by atomic mass is 10.3. The molecule has 0 radical (unpaired) electrons. The Labute approximate surface area is 70.4 Å². The Bertz CT molecular complexity index is 235. The number of para-hydroxylation sites is 1. The summed E-state index contributed by atoms with van der Waals surface area (Å²) in [5.41, 5.74) is 0. The van der Waals surface area contributed by atoms with Gasteiger partial charge in [-0.15, -0.1) is 0 Å². The van der Waals surface area contributed by atoms with Crippen LogP contribution in [0.3, 0.4) is 0 Å². The third-order valence-corrected chi connectivity index (χ3v) is 1.45. The minimum absolute atomic E-state index is 0.504. The third-order valence-electron chi connectivity index (χ3n) is 1.13. The van der Waals surface area contributed by atoms with Crippen molar-refractivity contribution in [2.45, 2.75) is 13.2 Å². The quantitative estimate of drug-likeness (QED) is 0.692. The molecule has 1 atom stereocenters. The van der Waals surface area contributed by atoms with Crippen LogP contribution in [0.5, 0.6) is 5.75 Å². The van der Waals surface area contributed by atoms with Crippen LogP contribution in [0.15, 0.2) is 24.3 Å². The number of rotatable bonds is 2. The van der Waals surface area contributed by atoms with Crippen LogP contribution < -0.4 is 4.74 Å². The Morgan fingerprint density at radius 2 is 2.09 bits per heavy atom. The summed E-state index contributed by atoms with van der Waals surface area (Å²) >= 11 is 5.73. The lowest BCUT2D eigenvalue weighted by Crippen LogP contribution is -2.09. The van der Waals surface area contributed by atoms with Crippen LogP contribution in [0.4, 0.5) is 0 Å². The van der Waals surface area contributed by atoms with Gasteiger partial charge in [0, 0.05) is 0 Å². The number of benzene rings is 1. The Morgan fingerprint density at radius 3 is 2.64 bits per heavy atom. The molecule has 11 heavy (non-hydrogen) atoms. The summed E-state index contributed by atoms with van der Waals surface area (Å²) < 4.78 is 4.97. The van der Waals surface area contributed by atoms with Gasteiger partial charge in [-0.1, -0.05) is 23.7 Å². The summed E-state index contributed by atoms with van der Waals surface area (Å²) in [6.45, 7) is 1.53. The Morgan fingerprint density at radius 1 is 1.45 bits per heavy atom. The molecule has 0 amide bonds. The first-order valence-corrected chi connectivity index (χ1v) is 3.67. The molecule has 2 nitrogen and oxygen atoms in total. The Kier molecular flexibility index (Phi) is 2.74. The van der Waals surface area contributed by atoms with Gasteiger partial charge in [-0.2, -0.15) is 0 Å². The van der Waals surface area contributed by atoms with Gasteiger partial charge in [-0.3, -0.25) is 0 Å². The first kappa shape index (κ1) is 8.37. The second-order valence-electron chi connectivity index (χ2n) is 2.15. The van der Waals surface area contributed by atoms with Crippen LogP contribution >= 0.6 is 11.6 Å². The predicted molar refractivity (Wildman–Crippen MR) is 43.8 cm³/mol. The zero-order valence-electron chi connectivity index (χ0n) is 6.12. The number of hydrogen-bond donors (Lipinski definition) is 1. The molecule has 1 rings (SSSR count). The van der Waals surface area contributed by atoms with E-state index in [9.17, 15) is 0 Å². The molecule has 0 aromatic heterocycles. The monoisotopic (exact) mass is 172 g/mol. The molecule has 60 valence electrons. The van der Waals surface area contributed by atoms with Crippen molar-refractivity contribution in [3.63, 3.8) is 0 Å². The van der Waals surface area contributed by atoms with Gasteiger partial charge >= 0.3 is 0 Å². The second kappa shape index (κ2) is 3.60. The van der Waals surface area contributed by atoms with E-state index in [0.29, 0.717) is 10.8 Å². The SMILES string of the molecule is CC(O)Oc1ccccc1Cl. The van der Waals surface area contributed by atoms with E-state index in [1.807, 2.05) is 0 Å². The number of aliphatic hydroxyl groups excluding tert-OH is 1. The van der Waals surface area contributed by atoms with Gasteiger partial charge in [-0.25, -0.2) is 0 Å². The summed E-state index contributed by atoms with van der Waals surface area (Å²) in [5.74, 6) is 0.504. The second-order valence-corrected chi connectivity index (χ2v) is 2.55. The van der Waals surface area contributed by atoms with E-state index in [-0.39, 0.29) is 0 Å². The van der Waals surface area contributed by atoms with Crippen molar-refractivity contribution in [2.75, 3.05) is 0 Å². The number of ether oxygens (including phenoxy) is 1. The first-order valence-electron chi connectivity index (χ1n) is 3.29. The fourth-order valence-corrected chi connectivity index (χ4v) is 0.904. The smallest absolute Gasteiger partial charge is 0.194 e. The van der Waals surface area contributed by atoms with E-state index in [4.69, 9.17) is 21.4 Å². The van der Waals surface area contributed by atoms with Crippen molar-refractivity contribution >= 4 is 11.6 Å². The molecular formula is C8H9ClO2. The molecule has 3 heteroatoms. The lowest BCUT2D eigenvalue weighted by molar-refractivity contribution is -0.000220. The zero-order valence-corrected chi connectivity index (χ0v) is 6.88. The van der Waals surface area contributed by atoms with Gasteiger partial charge in [0.15, 0.2) is 6.29 Å². The van der Waals surface area contributed by atoms with Gasteiger partial charge in [0.05, 0.1) is 5.02 Å². The van der Waals surface area contributed by atoms with Crippen molar-refractivity contribution < 1.29 is 9.84 Å². The van der Waals surface area contributed by atoms with Crippen LogP contribution in [0.2, 0.25) is 5.02 Å². The van der Waals surface area contributed by atoms with Crippen molar-refractivity contribution in [1.82, 2.24) is 0 Å². The minimum atomic E-state index is -0.824. The first-order chi connectivity index (χ1) is 5.20. The highest BCUT2D eigenvalue weighted by molar-refractivity contribution is 6.32. The average molecular weight is 173 g/mol. The van der Waals surface area contributed by atoms with Gasteiger partial charge in [-0.05, 0) is 19.1 Å². The van der Waals surface area contributed by atoms with Gasteiger partial charge in [0.25, 0.3) is 0 Å². The largest absolute Gasteiger partial charge is 0.464 e. The maximum Gasteiger partial charge on any atom is 0.194 e. The van der Waals surface area contributed by atoms with Gasteiger partial charge in [0.2, 0.25) is 0 Å². The number of aliphatic hydroxyl groups is 1. The molecule has 1 N–H and O–H groups in total. The van der Waals surface area contributed by atoms with Crippen molar-refractivity contribution in [3.8, 4) is 5.75 Å². The zero-order chi connectivity index (χ0) is 8.27. The van der Waals surface area contributed by atoms with Crippen LogP contribution in [0.25, 0.3) is 0 Å². The molecule has 0 aliphatic rings. The fraction of sp³-hybridized carbons (Fsp3) is 0.250. The van der Waals surface area contributed by atoms with Crippen LogP contribution in [0.1, 0.15) is 6.92 Å². The molecule has 0 aliphatic carbocycles. The summed E-state index contributed by atoms with van der Waals surface area (Å²) in [6, 6.07) is 7.01. The summed E-state index contributed by atoms with van der Waals surface area (Å²) in [7, 11) is 0. The normalized spacial score (nSPS) is 12.6. The Hall–Kier alpha value is -0.730. The maximum atomic E-state index is 8.85. The molecule has 0 saturated heterocycles. The molecule has 1 aromatic rings. The van der Waals surface area contributed by atoms with E-state index < -0.39 is 6.29 Å². The predicted octanol–water partition coefficient (Wildman–Crippen LogP) is 2.06. The van der Waals surface area contributed by atoms with Crippen LogP contribution in [0, 0.1) is 0 Å². The van der Waals surface area contributed by atoms with E-state index in [1.165, 1.54) is 6.92 Å². The molecular weight excluding hydrogens is 164 g/mol. The van der Waals surface area contributed by atoms with Crippen molar-refractivity contribution in [1.29, 1.82) is 0 Å². The number of hydrogen-bond acceptors (Lipinski definition) is 2. The fourth-order valence-electron chi connectivity index (χ4n) is 0.724. The van der Waals surface area contributed by atoms with E-state index in [0.717, 1.165) is 0 Å². The minimum Gasteiger partial charge on any atom is -0.464 e. The third kappa shape index (κ3) is 2.41. The number of halogens is 1. The van der Waals surface area contributed by atoms with E-state index in [2.05, 4.69) is 0 Å². The molecule has 0 saturated carbocycles. The van der Waals surface area contributed by atoms with Crippen molar-refractivity contribution in [3.05, 3.63) is 29.3 Å². The topological polar surface area (TPSA) is 29.5 Å². The summed E-state index contributed by atoms with van der Waals surface area (Å²) in [6.07, 6.45) is -0.824. The van der Waals surface area contributed by atoms with Crippen molar-refractivity contribution in [2.24, 2.45) is 0 Å². The van der Waals surface area contributed by atoms with E-state index in [1.54, 1.807) is 24.3 Å². The van der Waals surface area contributed by atoms with Crippen LogP contribution in [-0.4, -0.2) is 11.4 Å². The summed E-state index contributed by atoms with van der Waals surface area (Å²) in [5, 5.41) is 9.36. The molecule has 0 bridgehead atoms. The Balaban J connectivity index is 2.78. The molecule has 0 fully saturated rings. The van der Waals surface area contributed by atoms with E-state index >= 15 is 0 Å². The van der Waals surface area contributed by atoms with Gasteiger partial charge < -0.3 is 9.84 Å². The molecule has 1 unspecified atom stereocenters. The molecule has 0 spiro atoms. The van der Waals surface area contributed by atoms with Crippen LogP contribution in [-0.2, 0) is 0 Å². The molecule has 1 aromatic carbocycles. The highest BCUT2D eigenvalue weighted by Crippen LogP contribution is 2.23. The lowest BCUT2D eigenvalue weighted by Gasteiger charge is -2.08. The summed E-state index contributed by atoms with van der Waals surface area (Å²) in [4.78, 5) is 0. The highest BCUT2D eigenvalue weighted by Gasteiger charge is 2.01.